The quantitative estimate of drug-likeness (QED) is 0.608. The highest BCUT2D eigenvalue weighted by molar-refractivity contribution is 4.72. The average Bonchev–Trinajstić information content (AvgIpc) is 2.48. The summed E-state index contributed by atoms with van der Waals surface area (Å²) in [5.74, 6) is 0. The first-order chi connectivity index (χ1) is 10.0. The van der Waals surface area contributed by atoms with Gasteiger partial charge in [0.05, 0.1) is 0 Å². The Hall–Kier alpha value is -0.160. The fourth-order valence-electron chi connectivity index (χ4n) is 2.76. The van der Waals surface area contributed by atoms with E-state index in [1.165, 1.54) is 71.7 Å². The molecule has 1 fully saturated rings. The summed E-state index contributed by atoms with van der Waals surface area (Å²) < 4.78 is 0. The average molecular weight is 299 g/mol. The molecule has 0 unspecified atom stereocenters. The number of hydrogen-bond donors (Lipinski definition) is 0. The van der Waals surface area contributed by atoms with E-state index in [-0.39, 0.29) is 0 Å². The van der Waals surface area contributed by atoms with Crippen LogP contribution >= 0.6 is 0 Å². The van der Waals surface area contributed by atoms with Gasteiger partial charge in [-0.1, -0.05) is 6.92 Å². The van der Waals surface area contributed by atoms with Crippen LogP contribution in [0.1, 0.15) is 33.6 Å². The van der Waals surface area contributed by atoms with Crippen LogP contribution in [0.15, 0.2) is 0 Å². The predicted octanol–water partition coefficient (Wildman–Crippen LogP) is 1.68. The molecule has 0 aromatic rings. The second-order valence-corrected chi connectivity index (χ2v) is 6.86. The number of rotatable bonds is 10. The fourth-order valence-corrected chi connectivity index (χ4v) is 2.76. The third kappa shape index (κ3) is 8.15. The molecular formula is C17H38N4. The second kappa shape index (κ2) is 10.5. The van der Waals surface area contributed by atoms with E-state index < -0.39 is 0 Å². The van der Waals surface area contributed by atoms with Crippen molar-refractivity contribution < 1.29 is 0 Å². The summed E-state index contributed by atoms with van der Waals surface area (Å²) >= 11 is 0. The molecule has 1 heterocycles. The van der Waals surface area contributed by atoms with E-state index in [2.05, 4.69) is 54.5 Å². The first-order valence-corrected chi connectivity index (χ1v) is 8.86. The van der Waals surface area contributed by atoms with Gasteiger partial charge in [0.1, 0.15) is 0 Å². The van der Waals surface area contributed by atoms with Crippen LogP contribution in [-0.2, 0) is 0 Å². The van der Waals surface area contributed by atoms with Gasteiger partial charge < -0.3 is 19.6 Å². The summed E-state index contributed by atoms with van der Waals surface area (Å²) in [4.78, 5) is 10.1. The van der Waals surface area contributed by atoms with E-state index in [0.29, 0.717) is 6.04 Å². The van der Waals surface area contributed by atoms with Gasteiger partial charge in [0.2, 0.25) is 0 Å². The topological polar surface area (TPSA) is 13.0 Å². The van der Waals surface area contributed by atoms with Crippen LogP contribution in [0.5, 0.6) is 0 Å². The summed E-state index contributed by atoms with van der Waals surface area (Å²) in [6.45, 7) is 18.0. The first kappa shape index (κ1) is 18.9. The molecule has 0 atom stereocenters. The molecule has 4 nitrogen and oxygen atoms in total. The molecule has 0 aromatic heterocycles. The Balaban J connectivity index is 2.04. The largest absolute Gasteiger partial charge is 0.307 e. The zero-order valence-electron chi connectivity index (χ0n) is 15.1. The van der Waals surface area contributed by atoms with Gasteiger partial charge in [-0.15, -0.1) is 0 Å². The minimum Gasteiger partial charge on any atom is -0.307 e. The van der Waals surface area contributed by atoms with E-state index in [9.17, 15) is 0 Å². The molecule has 0 N–H and O–H groups in total. The lowest BCUT2D eigenvalue weighted by Gasteiger charge is -2.35. The van der Waals surface area contributed by atoms with Crippen molar-refractivity contribution in [3.05, 3.63) is 0 Å². The van der Waals surface area contributed by atoms with Crippen LogP contribution < -0.4 is 0 Å². The van der Waals surface area contributed by atoms with Crippen molar-refractivity contribution in [1.29, 1.82) is 0 Å². The third-order valence-corrected chi connectivity index (χ3v) is 4.89. The van der Waals surface area contributed by atoms with Gasteiger partial charge in [0, 0.05) is 32.2 Å². The van der Waals surface area contributed by atoms with Gasteiger partial charge in [-0.2, -0.15) is 0 Å². The van der Waals surface area contributed by atoms with E-state index in [4.69, 9.17) is 0 Å². The molecule has 0 amide bonds. The highest BCUT2D eigenvalue weighted by atomic mass is 15.3. The van der Waals surface area contributed by atoms with E-state index in [1.54, 1.807) is 0 Å². The molecule has 0 aromatic carbocycles. The highest BCUT2D eigenvalue weighted by Crippen LogP contribution is 2.04. The Labute approximate surface area is 133 Å². The van der Waals surface area contributed by atoms with Crippen LogP contribution in [0.4, 0.5) is 0 Å². The van der Waals surface area contributed by atoms with Gasteiger partial charge in [0.25, 0.3) is 0 Å². The summed E-state index contributed by atoms with van der Waals surface area (Å²) in [7, 11) is 4.45. The smallest absolute Gasteiger partial charge is 0.0110 e. The molecule has 126 valence electrons. The lowest BCUT2D eigenvalue weighted by Crippen LogP contribution is -2.47. The van der Waals surface area contributed by atoms with Gasteiger partial charge in [-0.25, -0.2) is 0 Å². The highest BCUT2D eigenvalue weighted by Gasteiger charge is 2.16. The minimum atomic E-state index is 0.670. The van der Waals surface area contributed by atoms with E-state index in [1.807, 2.05) is 0 Å². The molecule has 1 saturated heterocycles. The van der Waals surface area contributed by atoms with Gasteiger partial charge in [-0.3, -0.25) is 0 Å². The predicted molar refractivity (Wildman–Crippen MR) is 93.1 cm³/mol. The van der Waals surface area contributed by atoms with Crippen molar-refractivity contribution in [3.63, 3.8) is 0 Å². The number of piperazine rings is 1. The lowest BCUT2D eigenvalue weighted by molar-refractivity contribution is 0.123. The summed E-state index contributed by atoms with van der Waals surface area (Å²) in [5.41, 5.74) is 0. The maximum atomic E-state index is 2.64. The maximum absolute atomic E-state index is 2.64. The van der Waals surface area contributed by atoms with Crippen molar-refractivity contribution in [2.75, 3.05) is 73.0 Å². The Bertz CT molecular complexity index is 249. The molecule has 1 aliphatic heterocycles. The van der Waals surface area contributed by atoms with Crippen molar-refractivity contribution in [3.8, 4) is 0 Å². The molecule has 1 aliphatic rings. The molecule has 1 rings (SSSR count). The van der Waals surface area contributed by atoms with Crippen LogP contribution in [0, 0.1) is 0 Å². The number of hydrogen-bond acceptors (Lipinski definition) is 4. The van der Waals surface area contributed by atoms with Crippen molar-refractivity contribution >= 4 is 0 Å². The van der Waals surface area contributed by atoms with Crippen LogP contribution in [0.2, 0.25) is 0 Å². The normalized spacial score (nSPS) is 18.3. The molecule has 0 saturated carbocycles. The Morgan fingerprint density at radius 2 is 1.33 bits per heavy atom. The van der Waals surface area contributed by atoms with Crippen molar-refractivity contribution in [2.45, 2.75) is 39.7 Å². The van der Waals surface area contributed by atoms with Gasteiger partial charge in [0.15, 0.2) is 0 Å². The van der Waals surface area contributed by atoms with E-state index in [0.717, 1.165) is 0 Å². The monoisotopic (exact) mass is 298 g/mol. The number of nitrogens with zero attached hydrogens (tertiary/aromatic N) is 4. The van der Waals surface area contributed by atoms with E-state index >= 15 is 0 Å². The third-order valence-electron chi connectivity index (χ3n) is 4.89. The molecule has 21 heavy (non-hydrogen) atoms. The zero-order chi connectivity index (χ0) is 15.7. The Kier molecular flexibility index (Phi) is 9.49. The van der Waals surface area contributed by atoms with Crippen LogP contribution in [0.3, 0.4) is 0 Å². The SMILES string of the molecule is CCN(C)CCCN1CCN(CCCN(C)C(C)C)CC1. The second-order valence-electron chi connectivity index (χ2n) is 6.86. The molecular weight excluding hydrogens is 260 g/mol. The van der Waals surface area contributed by atoms with Gasteiger partial charge in [-0.05, 0) is 73.5 Å². The summed E-state index contributed by atoms with van der Waals surface area (Å²) in [5, 5.41) is 0. The Morgan fingerprint density at radius 3 is 1.76 bits per heavy atom. The fraction of sp³-hybridized carbons (Fsp3) is 1.00. The molecule has 0 bridgehead atoms. The molecule has 0 radical (unpaired) electrons. The lowest BCUT2D eigenvalue weighted by atomic mass is 10.2. The standard InChI is InChI=1S/C17H38N4/c1-6-18(4)9-7-11-20-13-15-21(16-14-20)12-8-10-19(5)17(2)3/h17H,6-16H2,1-5H3. The molecule has 0 spiro atoms. The van der Waals surface area contributed by atoms with Gasteiger partial charge >= 0.3 is 0 Å². The zero-order valence-corrected chi connectivity index (χ0v) is 15.1. The van der Waals surface area contributed by atoms with Crippen LogP contribution in [-0.4, -0.2) is 98.6 Å². The first-order valence-electron chi connectivity index (χ1n) is 8.86. The summed E-state index contributed by atoms with van der Waals surface area (Å²) in [6, 6.07) is 0.670. The molecule has 4 heteroatoms. The summed E-state index contributed by atoms with van der Waals surface area (Å²) in [6.07, 6.45) is 2.61. The van der Waals surface area contributed by atoms with Crippen molar-refractivity contribution in [1.82, 2.24) is 19.6 Å². The van der Waals surface area contributed by atoms with Crippen molar-refractivity contribution in [2.24, 2.45) is 0 Å². The Morgan fingerprint density at radius 1 is 0.857 bits per heavy atom. The maximum Gasteiger partial charge on any atom is 0.0110 e. The van der Waals surface area contributed by atoms with Crippen LogP contribution in [0.25, 0.3) is 0 Å². The molecule has 0 aliphatic carbocycles. The minimum absolute atomic E-state index is 0.670.